The third kappa shape index (κ3) is 2.80. The van der Waals surface area contributed by atoms with Crippen molar-refractivity contribution in [2.45, 2.75) is 26.6 Å². The predicted octanol–water partition coefficient (Wildman–Crippen LogP) is 1.47. The lowest BCUT2D eigenvalue weighted by molar-refractivity contribution is 0.0700. The molecule has 3 rings (SSSR count). The van der Waals surface area contributed by atoms with Crippen LogP contribution in [0.2, 0.25) is 0 Å². The van der Waals surface area contributed by atoms with Gasteiger partial charge in [-0.15, -0.1) is 0 Å². The monoisotopic (exact) mass is 286 g/mol. The summed E-state index contributed by atoms with van der Waals surface area (Å²) >= 11 is 0. The lowest BCUT2D eigenvalue weighted by atomic mass is 10.2. The van der Waals surface area contributed by atoms with E-state index in [1.807, 2.05) is 30.3 Å². The molecule has 0 atom stereocenters. The number of carbonyl (C=O) groups is 1. The minimum absolute atomic E-state index is 0.0367. The first kappa shape index (κ1) is 13.8. The normalized spacial score (nSPS) is 14.0. The molecule has 0 saturated carbocycles. The summed E-state index contributed by atoms with van der Waals surface area (Å²) in [6.07, 6.45) is 3.47. The molecule has 0 spiro atoms. The summed E-state index contributed by atoms with van der Waals surface area (Å²) in [6, 6.07) is 5.38. The van der Waals surface area contributed by atoms with Crippen LogP contribution in [0.25, 0.3) is 0 Å². The van der Waals surface area contributed by atoms with Gasteiger partial charge in [-0.1, -0.05) is 6.07 Å². The lowest BCUT2D eigenvalue weighted by Crippen LogP contribution is -2.38. The van der Waals surface area contributed by atoms with Gasteiger partial charge in [0.1, 0.15) is 5.69 Å². The fourth-order valence-electron chi connectivity index (χ4n) is 2.46. The fourth-order valence-corrected chi connectivity index (χ4v) is 2.46. The molecule has 0 unspecified atom stereocenters. The molecule has 0 radical (unpaired) electrons. The van der Waals surface area contributed by atoms with Crippen molar-refractivity contribution < 1.29 is 9.53 Å². The average molecular weight is 286 g/mol. The number of imidazole rings is 1. The second kappa shape index (κ2) is 6.05. The van der Waals surface area contributed by atoms with E-state index < -0.39 is 0 Å². The van der Waals surface area contributed by atoms with Gasteiger partial charge in [0.2, 0.25) is 0 Å². The third-order valence-corrected chi connectivity index (χ3v) is 3.60. The number of pyridine rings is 1. The first-order valence-corrected chi connectivity index (χ1v) is 7.10. The van der Waals surface area contributed by atoms with E-state index in [-0.39, 0.29) is 5.91 Å². The smallest absolute Gasteiger partial charge is 0.272 e. The number of ether oxygens (including phenoxy) is 1. The van der Waals surface area contributed by atoms with Crippen molar-refractivity contribution in [3.63, 3.8) is 0 Å². The molecule has 0 saturated heterocycles. The zero-order valence-corrected chi connectivity index (χ0v) is 12.0. The standard InChI is InChI=1S/C15H18N4O2/c1-2-21-10-13-14-9-18(7-8-19(14)11-17-13)15(20)12-5-3-4-6-16-12/h3-6,11H,2,7-10H2,1H3. The van der Waals surface area contributed by atoms with E-state index >= 15 is 0 Å². The summed E-state index contributed by atoms with van der Waals surface area (Å²) < 4.78 is 7.53. The zero-order valence-electron chi connectivity index (χ0n) is 12.0. The van der Waals surface area contributed by atoms with Gasteiger partial charge in [0.25, 0.3) is 5.91 Å². The number of aromatic nitrogens is 3. The highest BCUT2D eigenvalue weighted by molar-refractivity contribution is 5.92. The van der Waals surface area contributed by atoms with Gasteiger partial charge in [0.05, 0.1) is 30.9 Å². The molecule has 0 fully saturated rings. The Morgan fingerprint density at radius 3 is 3.00 bits per heavy atom. The molecule has 3 heterocycles. The van der Waals surface area contributed by atoms with Crippen LogP contribution in [-0.4, -0.2) is 38.5 Å². The number of hydrogen-bond donors (Lipinski definition) is 0. The van der Waals surface area contributed by atoms with Gasteiger partial charge >= 0.3 is 0 Å². The highest BCUT2D eigenvalue weighted by atomic mass is 16.5. The Bertz CT molecular complexity index is 624. The van der Waals surface area contributed by atoms with Crippen molar-refractivity contribution in [3.05, 3.63) is 47.8 Å². The Morgan fingerprint density at radius 1 is 1.33 bits per heavy atom. The Hall–Kier alpha value is -2.21. The van der Waals surface area contributed by atoms with Crippen LogP contribution in [0.15, 0.2) is 30.7 Å². The quantitative estimate of drug-likeness (QED) is 0.854. The molecule has 0 N–H and O–H groups in total. The van der Waals surface area contributed by atoms with Gasteiger partial charge in [-0.3, -0.25) is 9.78 Å². The van der Waals surface area contributed by atoms with Crippen LogP contribution >= 0.6 is 0 Å². The number of fused-ring (bicyclic) bond motifs is 1. The fraction of sp³-hybridized carbons (Fsp3) is 0.400. The van der Waals surface area contributed by atoms with Gasteiger partial charge in [-0.25, -0.2) is 4.98 Å². The molecule has 6 heteroatoms. The van der Waals surface area contributed by atoms with Crippen LogP contribution in [0, 0.1) is 0 Å². The molecule has 6 nitrogen and oxygen atoms in total. The summed E-state index contributed by atoms with van der Waals surface area (Å²) in [6.45, 7) is 5.09. The first-order chi connectivity index (χ1) is 10.3. The summed E-state index contributed by atoms with van der Waals surface area (Å²) in [7, 11) is 0. The Kier molecular flexibility index (Phi) is 3.96. The Morgan fingerprint density at radius 2 is 2.24 bits per heavy atom. The summed E-state index contributed by atoms with van der Waals surface area (Å²) in [5.74, 6) is -0.0367. The lowest BCUT2D eigenvalue weighted by Gasteiger charge is -2.28. The van der Waals surface area contributed by atoms with E-state index in [1.54, 1.807) is 12.3 Å². The highest BCUT2D eigenvalue weighted by Gasteiger charge is 2.25. The van der Waals surface area contributed by atoms with Gasteiger partial charge < -0.3 is 14.2 Å². The van der Waals surface area contributed by atoms with Crippen molar-refractivity contribution in [3.8, 4) is 0 Å². The average Bonchev–Trinajstić information content (AvgIpc) is 2.95. The summed E-state index contributed by atoms with van der Waals surface area (Å²) in [5, 5.41) is 0. The SMILES string of the molecule is CCOCc1ncn2c1CN(C(=O)c1ccccn1)CC2. The molecular formula is C15H18N4O2. The van der Waals surface area contributed by atoms with Crippen LogP contribution in [-0.2, 0) is 24.4 Å². The van der Waals surface area contributed by atoms with Crippen molar-refractivity contribution in [1.82, 2.24) is 19.4 Å². The van der Waals surface area contributed by atoms with Crippen molar-refractivity contribution in [2.75, 3.05) is 13.2 Å². The minimum atomic E-state index is -0.0367. The Balaban J connectivity index is 1.77. The second-order valence-corrected chi connectivity index (χ2v) is 4.91. The van der Waals surface area contributed by atoms with Crippen LogP contribution < -0.4 is 0 Å². The van der Waals surface area contributed by atoms with E-state index in [0.29, 0.717) is 32.0 Å². The molecule has 2 aromatic rings. The van der Waals surface area contributed by atoms with Crippen LogP contribution in [0.1, 0.15) is 28.8 Å². The molecule has 1 aliphatic heterocycles. The van der Waals surface area contributed by atoms with Crippen molar-refractivity contribution >= 4 is 5.91 Å². The molecule has 2 aromatic heterocycles. The van der Waals surface area contributed by atoms with E-state index in [9.17, 15) is 4.79 Å². The van der Waals surface area contributed by atoms with E-state index in [0.717, 1.165) is 17.9 Å². The third-order valence-electron chi connectivity index (χ3n) is 3.60. The molecule has 21 heavy (non-hydrogen) atoms. The number of rotatable bonds is 4. The van der Waals surface area contributed by atoms with Crippen LogP contribution in [0.5, 0.6) is 0 Å². The number of hydrogen-bond acceptors (Lipinski definition) is 4. The molecule has 1 amide bonds. The zero-order chi connectivity index (χ0) is 14.7. The second-order valence-electron chi connectivity index (χ2n) is 4.91. The van der Waals surface area contributed by atoms with Crippen molar-refractivity contribution in [1.29, 1.82) is 0 Å². The van der Waals surface area contributed by atoms with Crippen LogP contribution in [0.4, 0.5) is 0 Å². The molecule has 110 valence electrons. The minimum Gasteiger partial charge on any atom is -0.375 e. The summed E-state index contributed by atoms with van der Waals surface area (Å²) in [5.41, 5.74) is 2.45. The molecule has 0 bridgehead atoms. The maximum absolute atomic E-state index is 12.5. The van der Waals surface area contributed by atoms with E-state index in [2.05, 4.69) is 14.5 Å². The highest BCUT2D eigenvalue weighted by Crippen LogP contribution is 2.18. The van der Waals surface area contributed by atoms with Gasteiger partial charge in [0, 0.05) is 25.9 Å². The van der Waals surface area contributed by atoms with E-state index in [1.165, 1.54) is 0 Å². The number of amides is 1. The van der Waals surface area contributed by atoms with Gasteiger partial charge in [-0.2, -0.15) is 0 Å². The maximum atomic E-state index is 12.5. The van der Waals surface area contributed by atoms with Crippen LogP contribution in [0.3, 0.4) is 0 Å². The molecule has 0 aromatic carbocycles. The number of nitrogens with zero attached hydrogens (tertiary/aromatic N) is 4. The van der Waals surface area contributed by atoms with E-state index in [4.69, 9.17) is 4.74 Å². The van der Waals surface area contributed by atoms with Crippen molar-refractivity contribution in [2.24, 2.45) is 0 Å². The van der Waals surface area contributed by atoms with Gasteiger partial charge in [-0.05, 0) is 19.1 Å². The largest absolute Gasteiger partial charge is 0.375 e. The summed E-state index contributed by atoms with van der Waals surface area (Å²) in [4.78, 5) is 22.8. The van der Waals surface area contributed by atoms with Gasteiger partial charge in [0.15, 0.2) is 0 Å². The molecular weight excluding hydrogens is 268 g/mol. The predicted molar refractivity (Wildman–Crippen MR) is 76.5 cm³/mol. The number of carbonyl (C=O) groups excluding carboxylic acids is 1. The topological polar surface area (TPSA) is 60.2 Å². The first-order valence-electron chi connectivity index (χ1n) is 7.10. The Labute approximate surface area is 123 Å². The maximum Gasteiger partial charge on any atom is 0.272 e. The molecule has 0 aliphatic carbocycles. The molecule has 1 aliphatic rings.